The lowest BCUT2D eigenvalue weighted by molar-refractivity contribution is -0.385. The number of aldehydes is 1. The Bertz CT molecular complexity index is 707. The fourth-order valence-electron chi connectivity index (χ4n) is 1.86. The molecule has 0 saturated carbocycles. The third-order valence-corrected chi connectivity index (χ3v) is 2.94. The smallest absolute Gasteiger partial charge is 0.280 e. The Morgan fingerprint density at radius 3 is 2.43 bits per heavy atom. The molecule has 0 aliphatic heterocycles. The lowest BCUT2D eigenvalue weighted by Gasteiger charge is -2.01. The predicted molar refractivity (Wildman–Crippen MR) is 80.4 cm³/mol. The molecule has 2 aromatic carbocycles. The first-order chi connectivity index (χ1) is 10.1. The Labute approximate surface area is 121 Å². The number of rotatable bonds is 5. The minimum absolute atomic E-state index is 0.0681. The van der Waals surface area contributed by atoms with Crippen LogP contribution < -0.4 is 4.74 Å². The van der Waals surface area contributed by atoms with Crippen molar-refractivity contribution >= 4 is 24.1 Å². The van der Waals surface area contributed by atoms with Gasteiger partial charge in [0, 0.05) is 6.07 Å². The molecular formula is C16H13NO4. The Kier molecular flexibility index (Phi) is 4.46. The fraction of sp³-hybridized carbons (Fsp3) is 0.0625. The van der Waals surface area contributed by atoms with Gasteiger partial charge in [-0.15, -0.1) is 0 Å². The Balaban J connectivity index is 2.30. The highest BCUT2D eigenvalue weighted by atomic mass is 16.6. The van der Waals surface area contributed by atoms with Gasteiger partial charge in [0.25, 0.3) is 5.69 Å². The average molecular weight is 283 g/mol. The highest BCUT2D eigenvalue weighted by molar-refractivity contribution is 5.83. The maximum atomic E-state index is 10.9. The highest BCUT2D eigenvalue weighted by Crippen LogP contribution is 2.21. The maximum absolute atomic E-state index is 10.9. The lowest BCUT2D eigenvalue weighted by Crippen LogP contribution is -1.94. The van der Waals surface area contributed by atoms with Crippen LogP contribution in [0, 0.1) is 10.1 Å². The van der Waals surface area contributed by atoms with Gasteiger partial charge in [-0.1, -0.05) is 30.4 Å². The molecule has 0 atom stereocenters. The van der Waals surface area contributed by atoms with E-state index in [1.807, 2.05) is 30.3 Å². The first-order valence-corrected chi connectivity index (χ1v) is 6.20. The number of carbonyl (C=O) groups is 1. The second kappa shape index (κ2) is 6.47. The summed E-state index contributed by atoms with van der Waals surface area (Å²) in [5.41, 5.74) is 1.43. The van der Waals surface area contributed by atoms with Crippen molar-refractivity contribution in [1.29, 1.82) is 0 Å². The highest BCUT2D eigenvalue weighted by Gasteiger charge is 2.12. The Morgan fingerprint density at radius 2 is 1.81 bits per heavy atom. The van der Waals surface area contributed by atoms with Crippen molar-refractivity contribution in [2.24, 2.45) is 0 Å². The van der Waals surface area contributed by atoms with E-state index >= 15 is 0 Å². The number of methoxy groups -OCH3 is 1. The number of hydrogen-bond donors (Lipinski definition) is 0. The molecule has 106 valence electrons. The Hall–Kier alpha value is -2.95. The number of nitro groups is 1. The van der Waals surface area contributed by atoms with Crippen LogP contribution in [0.25, 0.3) is 12.2 Å². The SMILES string of the molecule is COc1cccc(/C=C/c2ccc(C=O)c([N+](=O)[O-])c2)c1. The lowest BCUT2D eigenvalue weighted by atomic mass is 10.1. The van der Waals surface area contributed by atoms with Gasteiger partial charge in [0.1, 0.15) is 5.75 Å². The zero-order chi connectivity index (χ0) is 15.2. The van der Waals surface area contributed by atoms with Gasteiger partial charge in [-0.2, -0.15) is 0 Å². The Morgan fingerprint density at radius 1 is 1.10 bits per heavy atom. The minimum Gasteiger partial charge on any atom is -0.497 e. The van der Waals surface area contributed by atoms with Gasteiger partial charge >= 0.3 is 0 Å². The summed E-state index contributed by atoms with van der Waals surface area (Å²) in [6.07, 6.45) is 4.05. The first kappa shape index (κ1) is 14.5. The molecule has 2 aromatic rings. The largest absolute Gasteiger partial charge is 0.497 e. The summed E-state index contributed by atoms with van der Waals surface area (Å²) in [6, 6.07) is 11.9. The van der Waals surface area contributed by atoms with Crippen molar-refractivity contribution in [3.8, 4) is 5.75 Å². The van der Waals surface area contributed by atoms with E-state index in [0.29, 0.717) is 11.8 Å². The van der Waals surface area contributed by atoms with Crippen molar-refractivity contribution < 1.29 is 14.5 Å². The molecule has 0 N–H and O–H groups in total. The zero-order valence-electron chi connectivity index (χ0n) is 11.4. The van der Waals surface area contributed by atoms with Gasteiger partial charge in [-0.05, 0) is 29.3 Å². The summed E-state index contributed by atoms with van der Waals surface area (Å²) in [5, 5.41) is 10.9. The molecule has 0 amide bonds. The van der Waals surface area contributed by atoms with Crippen LogP contribution in [-0.2, 0) is 0 Å². The van der Waals surface area contributed by atoms with Crippen LogP contribution in [0.1, 0.15) is 21.5 Å². The van der Waals surface area contributed by atoms with Crippen LogP contribution in [-0.4, -0.2) is 18.3 Å². The third-order valence-electron chi connectivity index (χ3n) is 2.94. The van der Waals surface area contributed by atoms with Crippen LogP contribution in [0.2, 0.25) is 0 Å². The van der Waals surface area contributed by atoms with Gasteiger partial charge < -0.3 is 4.74 Å². The monoisotopic (exact) mass is 283 g/mol. The number of nitro benzene ring substituents is 1. The zero-order valence-corrected chi connectivity index (χ0v) is 11.4. The molecule has 0 saturated heterocycles. The molecule has 2 rings (SSSR count). The van der Waals surface area contributed by atoms with E-state index < -0.39 is 4.92 Å². The molecule has 21 heavy (non-hydrogen) atoms. The number of ether oxygens (including phenoxy) is 1. The third kappa shape index (κ3) is 3.54. The summed E-state index contributed by atoms with van der Waals surface area (Å²) in [4.78, 5) is 21.1. The van der Waals surface area contributed by atoms with Crippen molar-refractivity contribution in [3.63, 3.8) is 0 Å². The minimum atomic E-state index is -0.563. The van der Waals surface area contributed by atoms with E-state index in [1.54, 1.807) is 19.3 Å². The van der Waals surface area contributed by atoms with E-state index in [1.165, 1.54) is 12.1 Å². The van der Waals surface area contributed by atoms with Gasteiger partial charge in [0.15, 0.2) is 6.29 Å². The van der Waals surface area contributed by atoms with Gasteiger partial charge in [0.05, 0.1) is 17.6 Å². The van der Waals surface area contributed by atoms with Crippen LogP contribution in [0.4, 0.5) is 5.69 Å². The standard InChI is InChI=1S/C16H13NO4/c1-21-15-4-2-3-12(9-15)5-6-13-7-8-14(11-18)16(10-13)17(19)20/h2-11H,1H3/b6-5+. The number of hydrogen-bond acceptors (Lipinski definition) is 4. The summed E-state index contributed by atoms with van der Waals surface area (Å²) in [5.74, 6) is 0.736. The van der Waals surface area contributed by atoms with Crippen LogP contribution >= 0.6 is 0 Å². The second-order valence-electron chi connectivity index (χ2n) is 4.30. The topological polar surface area (TPSA) is 69.4 Å². The number of carbonyl (C=O) groups excluding carboxylic acids is 1. The van der Waals surface area contributed by atoms with Crippen molar-refractivity contribution in [3.05, 3.63) is 69.3 Å². The first-order valence-electron chi connectivity index (χ1n) is 6.20. The molecule has 0 spiro atoms. The molecule has 0 bridgehead atoms. The summed E-state index contributed by atoms with van der Waals surface area (Å²) in [6.45, 7) is 0. The van der Waals surface area contributed by atoms with Gasteiger partial charge in [0.2, 0.25) is 0 Å². The molecule has 5 heteroatoms. The molecule has 5 nitrogen and oxygen atoms in total. The molecule has 0 aliphatic carbocycles. The van der Waals surface area contributed by atoms with E-state index in [-0.39, 0.29) is 11.3 Å². The molecule has 0 heterocycles. The predicted octanol–water partition coefficient (Wildman–Crippen LogP) is 3.59. The number of benzene rings is 2. The van der Waals surface area contributed by atoms with Gasteiger partial charge in [-0.25, -0.2) is 0 Å². The van der Waals surface area contributed by atoms with E-state index in [4.69, 9.17) is 4.74 Å². The molecular weight excluding hydrogens is 270 g/mol. The summed E-state index contributed by atoms with van der Waals surface area (Å²) < 4.78 is 5.13. The molecule has 0 radical (unpaired) electrons. The van der Waals surface area contributed by atoms with Crippen LogP contribution in [0.3, 0.4) is 0 Å². The maximum Gasteiger partial charge on any atom is 0.280 e. The molecule has 0 unspecified atom stereocenters. The average Bonchev–Trinajstić information content (AvgIpc) is 2.52. The molecule has 0 fully saturated rings. The van der Waals surface area contributed by atoms with Crippen LogP contribution in [0.5, 0.6) is 5.75 Å². The number of nitrogens with zero attached hydrogens (tertiary/aromatic N) is 1. The molecule has 0 aliphatic rings. The van der Waals surface area contributed by atoms with Crippen molar-refractivity contribution in [2.45, 2.75) is 0 Å². The van der Waals surface area contributed by atoms with Crippen molar-refractivity contribution in [2.75, 3.05) is 7.11 Å². The normalized spacial score (nSPS) is 10.5. The van der Waals surface area contributed by atoms with Gasteiger partial charge in [-0.3, -0.25) is 14.9 Å². The van der Waals surface area contributed by atoms with E-state index in [2.05, 4.69) is 0 Å². The summed E-state index contributed by atoms with van der Waals surface area (Å²) >= 11 is 0. The fourth-order valence-corrected chi connectivity index (χ4v) is 1.86. The summed E-state index contributed by atoms with van der Waals surface area (Å²) in [7, 11) is 1.59. The molecule has 0 aromatic heterocycles. The van der Waals surface area contributed by atoms with E-state index in [9.17, 15) is 14.9 Å². The van der Waals surface area contributed by atoms with Crippen LogP contribution in [0.15, 0.2) is 42.5 Å². The second-order valence-corrected chi connectivity index (χ2v) is 4.30. The quantitative estimate of drug-likeness (QED) is 0.364. The van der Waals surface area contributed by atoms with Crippen molar-refractivity contribution in [1.82, 2.24) is 0 Å². The van der Waals surface area contributed by atoms with E-state index in [0.717, 1.165) is 11.3 Å².